The molecule has 0 N–H and O–H groups in total. The number of pyridine rings is 3. The van der Waals surface area contributed by atoms with Crippen LogP contribution in [-0.2, 0) is 0 Å². The molecule has 9 aromatic rings. The van der Waals surface area contributed by atoms with Gasteiger partial charge >= 0.3 is 0 Å². The highest BCUT2D eigenvalue weighted by Crippen LogP contribution is 2.44. The minimum absolute atomic E-state index is 0.878. The average molecular weight is 638 g/mol. The van der Waals surface area contributed by atoms with Crippen LogP contribution in [-0.4, -0.2) is 15.0 Å². The molecule has 0 aliphatic rings. The van der Waals surface area contributed by atoms with Crippen LogP contribution in [0.25, 0.3) is 88.6 Å². The molecule has 3 heterocycles. The lowest BCUT2D eigenvalue weighted by Gasteiger charge is -2.18. The van der Waals surface area contributed by atoms with Gasteiger partial charge < -0.3 is 0 Å². The third-order valence-electron chi connectivity index (χ3n) is 9.46. The normalized spacial score (nSPS) is 11.2. The lowest BCUT2D eigenvalue weighted by atomic mass is 9.85. The van der Waals surface area contributed by atoms with Crippen molar-refractivity contribution >= 4 is 21.5 Å². The van der Waals surface area contributed by atoms with Crippen molar-refractivity contribution in [3.8, 4) is 67.0 Å². The number of hydrogen-bond donors (Lipinski definition) is 0. The first-order valence-electron chi connectivity index (χ1n) is 16.8. The fraction of sp³-hybridized carbons (Fsp3) is 0. The van der Waals surface area contributed by atoms with Gasteiger partial charge in [-0.1, -0.05) is 121 Å². The van der Waals surface area contributed by atoms with Crippen LogP contribution >= 0.6 is 0 Å². The van der Waals surface area contributed by atoms with E-state index in [9.17, 15) is 0 Å². The van der Waals surface area contributed by atoms with Gasteiger partial charge in [0, 0.05) is 35.9 Å². The molecular weight excluding hydrogens is 607 g/mol. The Bertz CT molecular complexity index is 2580. The first-order chi connectivity index (χ1) is 24.8. The molecule has 0 radical (unpaired) electrons. The van der Waals surface area contributed by atoms with Crippen LogP contribution in [0.1, 0.15) is 0 Å². The molecule has 0 aliphatic heterocycles. The number of hydrogen-bond acceptors (Lipinski definition) is 3. The Morgan fingerprint density at radius 2 is 0.860 bits per heavy atom. The van der Waals surface area contributed by atoms with Crippen molar-refractivity contribution in [2.45, 2.75) is 0 Å². The molecule has 0 saturated carbocycles. The topological polar surface area (TPSA) is 38.7 Å². The minimum atomic E-state index is 0.878. The molecule has 0 bridgehead atoms. The molecule has 0 spiro atoms. The van der Waals surface area contributed by atoms with Gasteiger partial charge in [-0.05, 0) is 109 Å². The predicted molar refractivity (Wildman–Crippen MR) is 207 cm³/mol. The lowest BCUT2D eigenvalue weighted by Crippen LogP contribution is -1.94. The quantitative estimate of drug-likeness (QED) is 0.170. The van der Waals surface area contributed by atoms with Gasteiger partial charge in [-0.3, -0.25) is 9.97 Å². The van der Waals surface area contributed by atoms with E-state index in [1.54, 1.807) is 6.20 Å². The highest BCUT2D eigenvalue weighted by atomic mass is 14.7. The van der Waals surface area contributed by atoms with Gasteiger partial charge in [-0.2, -0.15) is 0 Å². The lowest BCUT2D eigenvalue weighted by molar-refractivity contribution is 1.28. The Balaban J connectivity index is 1.26. The third-order valence-corrected chi connectivity index (χ3v) is 9.46. The van der Waals surface area contributed by atoms with Crippen LogP contribution in [0.5, 0.6) is 0 Å². The van der Waals surface area contributed by atoms with Gasteiger partial charge in [0.1, 0.15) is 0 Å². The summed E-state index contributed by atoms with van der Waals surface area (Å²) in [5.41, 5.74) is 13.2. The van der Waals surface area contributed by atoms with Crippen LogP contribution in [0.2, 0.25) is 0 Å². The molecule has 0 amide bonds. The van der Waals surface area contributed by atoms with Gasteiger partial charge in [0.05, 0.1) is 11.4 Å². The molecule has 9 rings (SSSR count). The van der Waals surface area contributed by atoms with Crippen molar-refractivity contribution in [1.82, 2.24) is 15.0 Å². The van der Waals surface area contributed by atoms with E-state index in [-0.39, 0.29) is 0 Å². The summed E-state index contributed by atoms with van der Waals surface area (Å²) in [6.07, 6.45) is 7.35. The van der Waals surface area contributed by atoms with Gasteiger partial charge in [0.2, 0.25) is 0 Å². The van der Waals surface area contributed by atoms with Crippen molar-refractivity contribution in [2.75, 3.05) is 0 Å². The zero-order chi connectivity index (χ0) is 33.3. The van der Waals surface area contributed by atoms with Gasteiger partial charge in [0.15, 0.2) is 0 Å². The highest BCUT2D eigenvalue weighted by molar-refractivity contribution is 6.21. The second-order valence-electron chi connectivity index (χ2n) is 12.4. The molecule has 3 nitrogen and oxygen atoms in total. The predicted octanol–water partition coefficient (Wildman–Crippen LogP) is 12.2. The standard InChI is InChI=1S/C47H31N3/c1-2-12-33(13-3-1)46-40-19-6-8-21-42(40)47(43-22-9-7-20-41(43)46)35-15-10-14-34(28-35)37-29-44(36-16-11-25-49-31-36)50-45(30-37)39-18-5-4-17-38(39)32-23-26-48-27-24-32/h1-31H. The van der Waals surface area contributed by atoms with Crippen molar-refractivity contribution < 1.29 is 0 Å². The summed E-state index contributed by atoms with van der Waals surface area (Å²) in [5.74, 6) is 0. The molecule has 3 aromatic heterocycles. The molecule has 0 atom stereocenters. The van der Waals surface area contributed by atoms with E-state index in [1.165, 1.54) is 43.8 Å². The third kappa shape index (κ3) is 5.32. The first kappa shape index (κ1) is 29.4. The maximum absolute atomic E-state index is 5.23. The highest BCUT2D eigenvalue weighted by Gasteiger charge is 2.18. The summed E-state index contributed by atoms with van der Waals surface area (Å²) in [7, 11) is 0. The van der Waals surface area contributed by atoms with E-state index in [0.717, 1.165) is 44.8 Å². The van der Waals surface area contributed by atoms with E-state index >= 15 is 0 Å². The SMILES string of the molecule is c1ccc(-c2c3ccccc3c(-c3cccc(-c4cc(-c5cccnc5)nc(-c5ccccc5-c5ccncc5)c4)c3)c3ccccc23)cc1. The molecule has 50 heavy (non-hydrogen) atoms. The second kappa shape index (κ2) is 12.7. The summed E-state index contributed by atoms with van der Waals surface area (Å²) >= 11 is 0. The molecule has 0 saturated heterocycles. The number of benzene rings is 6. The van der Waals surface area contributed by atoms with Crippen LogP contribution in [0, 0.1) is 0 Å². The van der Waals surface area contributed by atoms with E-state index in [0.29, 0.717) is 0 Å². The Kier molecular flexibility index (Phi) is 7.49. The summed E-state index contributed by atoms with van der Waals surface area (Å²) < 4.78 is 0. The number of nitrogens with zero attached hydrogens (tertiary/aromatic N) is 3. The molecular formula is C47H31N3. The summed E-state index contributed by atoms with van der Waals surface area (Å²) in [6.45, 7) is 0. The monoisotopic (exact) mass is 637 g/mol. The summed E-state index contributed by atoms with van der Waals surface area (Å²) in [6, 6.07) is 58.3. The average Bonchev–Trinajstić information content (AvgIpc) is 3.20. The van der Waals surface area contributed by atoms with E-state index in [1.807, 2.05) is 36.8 Å². The molecule has 0 aliphatic carbocycles. The molecule has 0 fully saturated rings. The maximum atomic E-state index is 5.23. The van der Waals surface area contributed by atoms with Gasteiger partial charge in [-0.25, -0.2) is 4.98 Å². The van der Waals surface area contributed by atoms with E-state index < -0.39 is 0 Å². The Labute approximate surface area is 291 Å². The minimum Gasteiger partial charge on any atom is -0.265 e. The zero-order valence-corrected chi connectivity index (χ0v) is 27.2. The first-order valence-corrected chi connectivity index (χ1v) is 16.8. The van der Waals surface area contributed by atoms with Crippen LogP contribution in [0.4, 0.5) is 0 Å². The van der Waals surface area contributed by atoms with Crippen molar-refractivity contribution in [2.24, 2.45) is 0 Å². The van der Waals surface area contributed by atoms with Gasteiger partial charge in [-0.15, -0.1) is 0 Å². The van der Waals surface area contributed by atoms with Crippen molar-refractivity contribution in [3.05, 3.63) is 189 Å². The fourth-order valence-electron chi connectivity index (χ4n) is 7.20. The number of aromatic nitrogens is 3. The molecule has 6 aromatic carbocycles. The molecule has 234 valence electrons. The molecule has 0 unspecified atom stereocenters. The Hall–Kier alpha value is -6.71. The Morgan fingerprint density at radius 1 is 0.300 bits per heavy atom. The maximum Gasteiger partial charge on any atom is 0.0731 e. The van der Waals surface area contributed by atoms with E-state index in [2.05, 4.69) is 156 Å². The van der Waals surface area contributed by atoms with Crippen molar-refractivity contribution in [3.63, 3.8) is 0 Å². The number of fused-ring (bicyclic) bond motifs is 2. The Morgan fingerprint density at radius 3 is 1.54 bits per heavy atom. The van der Waals surface area contributed by atoms with Gasteiger partial charge in [0.25, 0.3) is 0 Å². The fourth-order valence-corrected chi connectivity index (χ4v) is 7.20. The van der Waals surface area contributed by atoms with Crippen LogP contribution in [0.15, 0.2) is 189 Å². The van der Waals surface area contributed by atoms with Crippen LogP contribution < -0.4 is 0 Å². The second-order valence-corrected chi connectivity index (χ2v) is 12.4. The zero-order valence-electron chi connectivity index (χ0n) is 27.2. The molecule has 3 heteroatoms. The number of rotatable bonds is 6. The van der Waals surface area contributed by atoms with E-state index in [4.69, 9.17) is 4.98 Å². The smallest absolute Gasteiger partial charge is 0.0731 e. The largest absolute Gasteiger partial charge is 0.265 e. The summed E-state index contributed by atoms with van der Waals surface area (Å²) in [5, 5.41) is 4.96. The van der Waals surface area contributed by atoms with Crippen molar-refractivity contribution in [1.29, 1.82) is 0 Å². The summed E-state index contributed by atoms with van der Waals surface area (Å²) in [4.78, 5) is 13.9. The van der Waals surface area contributed by atoms with Crippen LogP contribution in [0.3, 0.4) is 0 Å².